The quantitative estimate of drug-likeness (QED) is 0.880. The molecule has 1 N–H and O–H groups in total. The molecule has 0 radical (unpaired) electrons. The van der Waals surface area contributed by atoms with E-state index in [2.05, 4.69) is 0 Å². The Morgan fingerprint density at radius 3 is 2.44 bits per heavy atom. The van der Waals surface area contributed by atoms with Crippen LogP contribution >= 0.6 is 0 Å². The van der Waals surface area contributed by atoms with Gasteiger partial charge < -0.3 is 5.11 Å². The van der Waals surface area contributed by atoms with Crippen molar-refractivity contribution in [2.75, 3.05) is 12.4 Å². The van der Waals surface area contributed by atoms with Gasteiger partial charge in [-0.15, -0.1) is 0 Å². The molecule has 0 aromatic heterocycles. The topological polar surface area (TPSA) is 54.4 Å². The second-order valence-electron chi connectivity index (χ2n) is 3.52. The predicted octanol–water partition coefficient (Wildman–Crippen LogP) is 1.61. The molecule has 84 valence electrons. The monoisotopic (exact) mass is 236 g/mol. The summed E-state index contributed by atoms with van der Waals surface area (Å²) in [6, 6.07) is 12.5. The average Bonchev–Trinajstić information content (AvgIpc) is 2.28. The summed E-state index contributed by atoms with van der Waals surface area (Å²) in [6.45, 7) is -0.356. The number of hydrogen-bond donors (Lipinski definition) is 1. The maximum absolute atomic E-state index is 11.9. The van der Waals surface area contributed by atoms with Gasteiger partial charge in [-0.2, -0.15) is 0 Å². The van der Waals surface area contributed by atoms with Crippen molar-refractivity contribution in [2.45, 2.75) is 4.90 Å². The van der Waals surface area contributed by atoms with E-state index in [9.17, 15) is 8.42 Å². The average molecular weight is 236 g/mol. The lowest BCUT2D eigenvalue weighted by molar-refractivity contribution is 0.319. The first-order valence-electron chi connectivity index (χ1n) is 4.96. The molecule has 0 fully saturated rings. The van der Waals surface area contributed by atoms with Crippen molar-refractivity contribution < 1.29 is 13.5 Å². The molecular weight excluding hydrogens is 224 g/mol. The Bertz CT molecular complexity index is 597. The van der Waals surface area contributed by atoms with Crippen molar-refractivity contribution in [1.29, 1.82) is 0 Å². The van der Waals surface area contributed by atoms with Gasteiger partial charge >= 0.3 is 0 Å². The molecule has 0 bridgehead atoms. The fourth-order valence-corrected chi connectivity index (χ4v) is 2.96. The highest BCUT2D eigenvalue weighted by atomic mass is 32.2. The van der Waals surface area contributed by atoms with Crippen LogP contribution in [0, 0.1) is 0 Å². The fraction of sp³-hybridized carbons (Fsp3) is 0.167. The minimum absolute atomic E-state index is 0.235. The van der Waals surface area contributed by atoms with E-state index in [1.165, 1.54) is 0 Å². The standard InChI is InChI=1S/C12H12O3S/c13-8-9-16(14,15)12-7-3-5-10-4-1-2-6-11(10)12/h1-7,13H,8-9H2. The summed E-state index contributed by atoms with van der Waals surface area (Å²) in [5.41, 5.74) is 0. The Morgan fingerprint density at radius 1 is 1.00 bits per heavy atom. The van der Waals surface area contributed by atoms with Gasteiger partial charge in [-0.1, -0.05) is 36.4 Å². The van der Waals surface area contributed by atoms with Crippen LogP contribution in [-0.2, 0) is 9.84 Å². The van der Waals surface area contributed by atoms with Gasteiger partial charge in [0.2, 0.25) is 0 Å². The van der Waals surface area contributed by atoms with E-state index >= 15 is 0 Å². The van der Waals surface area contributed by atoms with Crippen LogP contribution in [0.2, 0.25) is 0 Å². The van der Waals surface area contributed by atoms with Crippen molar-refractivity contribution in [3.63, 3.8) is 0 Å². The van der Waals surface area contributed by atoms with Gasteiger partial charge in [0, 0.05) is 5.39 Å². The number of hydrogen-bond acceptors (Lipinski definition) is 3. The number of aliphatic hydroxyl groups is 1. The Hall–Kier alpha value is -1.39. The summed E-state index contributed by atoms with van der Waals surface area (Å²) in [4.78, 5) is 0.291. The molecule has 0 atom stereocenters. The van der Waals surface area contributed by atoms with E-state index in [0.29, 0.717) is 10.3 Å². The van der Waals surface area contributed by atoms with Crippen LogP contribution in [0.25, 0.3) is 10.8 Å². The molecular formula is C12H12O3S. The van der Waals surface area contributed by atoms with Crippen LogP contribution in [0.15, 0.2) is 47.4 Å². The van der Waals surface area contributed by atoms with E-state index in [1.54, 1.807) is 24.3 Å². The van der Waals surface area contributed by atoms with Crippen LogP contribution in [0.4, 0.5) is 0 Å². The van der Waals surface area contributed by atoms with Gasteiger partial charge in [0.1, 0.15) is 0 Å². The summed E-state index contributed by atoms with van der Waals surface area (Å²) in [7, 11) is -3.39. The first-order chi connectivity index (χ1) is 7.65. The molecule has 0 aliphatic rings. The molecule has 0 amide bonds. The van der Waals surface area contributed by atoms with E-state index in [1.807, 2.05) is 18.2 Å². The molecule has 16 heavy (non-hydrogen) atoms. The molecule has 0 saturated carbocycles. The van der Waals surface area contributed by atoms with Crippen LogP contribution < -0.4 is 0 Å². The van der Waals surface area contributed by atoms with Gasteiger partial charge in [0.15, 0.2) is 9.84 Å². The highest BCUT2D eigenvalue weighted by Crippen LogP contribution is 2.23. The third-order valence-electron chi connectivity index (χ3n) is 2.44. The number of sulfone groups is 1. The van der Waals surface area contributed by atoms with Crippen LogP contribution in [0.3, 0.4) is 0 Å². The van der Waals surface area contributed by atoms with Crippen molar-refractivity contribution in [3.05, 3.63) is 42.5 Å². The lowest BCUT2D eigenvalue weighted by Crippen LogP contribution is -2.10. The summed E-state index contributed by atoms with van der Waals surface area (Å²) in [6.07, 6.45) is 0. The second-order valence-corrected chi connectivity index (χ2v) is 5.60. The minimum Gasteiger partial charge on any atom is -0.395 e. The largest absolute Gasteiger partial charge is 0.395 e. The number of fused-ring (bicyclic) bond motifs is 1. The summed E-state index contributed by atoms with van der Waals surface area (Å²) in [5.74, 6) is -0.235. The third kappa shape index (κ3) is 1.94. The zero-order valence-electron chi connectivity index (χ0n) is 8.63. The Labute approximate surface area is 94.3 Å². The molecule has 2 aromatic rings. The highest BCUT2D eigenvalue weighted by Gasteiger charge is 2.16. The van der Waals surface area contributed by atoms with E-state index < -0.39 is 9.84 Å². The maximum atomic E-state index is 11.9. The van der Waals surface area contributed by atoms with E-state index in [4.69, 9.17) is 5.11 Å². The lowest BCUT2D eigenvalue weighted by atomic mass is 10.1. The Morgan fingerprint density at radius 2 is 1.69 bits per heavy atom. The normalized spacial score (nSPS) is 11.8. The molecule has 4 heteroatoms. The van der Waals surface area contributed by atoms with Crippen LogP contribution in [0.5, 0.6) is 0 Å². The smallest absolute Gasteiger partial charge is 0.181 e. The van der Waals surface area contributed by atoms with Crippen molar-refractivity contribution >= 4 is 20.6 Å². The molecule has 2 aromatic carbocycles. The molecule has 0 aliphatic carbocycles. The van der Waals surface area contributed by atoms with Crippen molar-refractivity contribution in [3.8, 4) is 0 Å². The van der Waals surface area contributed by atoms with Crippen molar-refractivity contribution in [2.24, 2.45) is 0 Å². The molecule has 0 unspecified atom stereocenters. The molecule has 0 saturated heterocycles. The predicted molar refractivity (Wildman–Crippen MR) is 63.1 cm³/mol. The molecule has 0 heterocycles. The van der Waals surface area contributed by atoms with Gasteiger partial charge in [0.05, 0.1) is 17.3 Å². The lowest BCUT2D eigenvalue weighted by Gasteiger charge is -2.06. The third-order valence-corrected chi connectivity index (χ3v) is 4.19. The Balaban J connectivity index is 2.70. The molecule has 2 rings (SSSR count). The summed E-state index contributed by atoms with van der Waals surface area (Å²) in [5, 5.41) is 10.4. The second kappa shape index (κ2) is 4.23. The maximum Gasteiger partial charge on any atom is 0.181 e. The summed E-state index contributed by atoms with van der Waals surface area (Å²) < 4.78 is 23.8. The van der Waals surface area contributed by atoms with E-state index in [0.717, 1.165) is 5.39 Å². The fourth-order valence-electron chi connectivity index (χ4n) is 1.70. The molecule has 0 aliphatic heterocycles. The van der Waals surface area contributed by atoms with E-state index in [-0.39, 0.29) is 12.4 Å². The molecule has 3 nitrogen and oxygen atoms in total. The summed E-state index contributed by atoms with van der Waals surface area (Å²) >= 11 is 0. The number of rotatable bonds is 3. The highest BCUT2D eigenvalue weighted by molar-refractivity contribution is 7.91. The van der Waals surface area contributed by atoms with Crippen molar-refractivity contribution in [1.82, 2.24) is 0 Å². The SMILES string of the molecule is O=S(=O)(CCO)c1cccc2ccccc12. The van der Waals surface area contributed by atoms with Gasteiger partial charge in [-0.3, -0.25) is 0 Å². The number of aliphatic hydroxyl groups excluding tert-OH is 1. The van der Waals surface area contributed by atoms with Gasteiger partial charge in [0.25, 0.3) is 0 Å². The van der Waals surface area contributed by atoms with Gasteiger partial charge in [-0.25, -0.2) is 8.42 Å². The van der Waals surface area contributed by atoms with Crippen LogP contribution in [0.1, 0.15) is 0 Å². The Kier molecular flexibility index (Phi) is 2.94. The number of benzene rings is 2. The van der Waals surface area contributed by atoms with Crippen LogP contribution in [-0.4, -0.2) is 25.9 Å². The minimum atomic E-state index is -3.39. The molecule has 0 spiro atoms. The first kappa shape index (κ1) is 11.1. The zero-order chi connectivity index (χ0) is 11.6. The first-order valence-corrected chi connectivity index (χ1v) is 6.62. The zero-order valence-corrected chi connectivity index (χ0v) is 9.44. The van der Waals surface area contributed by atoms with Gasteiger partial charge in [-0.05, 0) is 11.5 Å².